The summed E-state index contributed by atoms with van der Waals surface area (Å²) in [6.07, 6.45) is 0. The summed E-state index contributed by atoms with van der Waals surface area (Å²) < 4.78 is 0. The Morgan fingerprint density at radius 3 is 2.27 bits per heavy atom. The number of aromatic nitrogens is 2. The van der Waals surface area contributed by atoms with Gasteiger partial charge in [-0.05, 0) is 23.8 Å². The number of imidazole rings is 1. The van der Waals surface area contributed by atoms with Crippen LogP contribution in [0.3, 0.4) is 0 Å². The average molecular weight is 284 g/mol. The van der Waals surface area contributed by atoms with Gasteiger partial charge in [-0.3, -0.25) is 0 Å². The van der Waals surface area contributed by atoms with Gasteiger partial charge in [0.05, 0.1) is 5.69 Å². The van der Waals surface area contributed by atoms with E-state index in [1.807, 2.05) is 18.2 Å². The van der Waals surface area contributed by atoms with E-state index >= 15 is 0 Å². The number of H-pyrrole nitrogens is 1. The van der Waals surface area contributed by atoms with Crippen molar-refractivity contribution < 1.29 is 0 Å². The monoisotopic (exact) mass is 284 g/mol. The van der Waals surface area contributed by atoms with Crippen LogP contribution in [-0.2, 0) is 0 Å². The Kier molecular flexibility index (Phi) is 3.01. The number of aromatic amines is 1. The summed E-state index contributed by atoms with van der Waals surface area (Å²) in [4.78, 5) is 8.20. The van der Waals surface area contributed by atoms with Crippen molar-refractivity contribution in [2.45, 2.75) is 6.92 Å². The SMILES string of the molecule is Cc1[nH]c(-c2ccccc2)nc1-c1ccc2ccccc2c1. The largest absolute Gasteiger partial charge is 0.342 e. The topological polar surface area (TPSA) is 28.7 Å². The summed E-state index contributed by atoms with van der Waals surface area (Å²) in [6, 6.07) is 25.1. The van der Waals surface area contributed by atoms with Crippen molar-refractivity contribution >= 4 is 10.8 Å². The highest BCUT2D eigenvalue weighted by Gasteiger charge is 2.10. The zero-order chi connectivity index (χ0) is 14.9. The van der Waals surface area contributed by atoms with Gasteiger partial charge in [-0.15, -0.1) is 0 Å². The molecule has 0 saturated carbocycles. The Morgan fingerprint density at radius 1 is 0.727 bits per heavy atom. The minimum atomic E-state index is 0.918. The third-order valence-electron chi connectivity index (χ3n) is 3.95. The molecular weight excluding hydrogens is 268 g/mol. The van der Waals surface area contributed by atoms with Gasteiger partial charge < -0.3 is 4.98 Å². The summed E-state index contributed by atoms with van der Waals surface area (Å²) in [6.45, 7) is 2.07. The fourth-order valence-corrected chi connectivity index (χ4v) is 2.81. The van der Waals surface area contributed by atoms with Crippen LogP contribution >= 0.6 is 0 Å². The van der Waals surface area contributed by atoms with Gasteiger partial charge in [0.2, 0.25) is 0 Å². The van der Waals surface area contributed by atoms with Crippen LogP contribution in [0.25, 0.3) is 33.4 Å². The zero-order valence-corrected chi connectivity index (χ0v) is 12.4. The Hall–Kier alpha value is -2.87. The van der Waals surface area contributed by atoms with E-state index in [1.54, 1.807) is 0 Å². The minimum absolute atomic E-state index is 0.918. The summed E-state index contributed by atoms with van der Waals surface area (Å²) >= 11 is 0. The predicted octanol–water partition coefficient (Wildman–Crippen LogP) is 5.21. The predicted molar refractivity (Wildman–Crippen MR) is 91.7 cm³/mol. The number of fused-ring (bicyclic) bond motifs is 1. The number of hydrogen-bond acceptors (Lipinski definition) is 1. The quantitative estimate of drug-likeness (QED) is 0.538. The molecule has 0 amide bonds. The van der Waals surface area contributed by atoms with E-state index in [1.165, 1.54) is 10.8 Å². The Morgan fingerprint density at radius 2 is 1.45 bits per heavy atom. The zero-order valence-electron chi connectivity index (χ0n) is 12.4. The second-order valence-electron chi connectivity index (χ2n) is 5.49. The normalized spacial score (nSPS) is 11.0. The van der Waals surface area contributed by atoms with E-state index in [2.05, 4.69) is 66.5 Å². The van der Waals surface area contributed by atoms with Crippen molar-refractivity contribution in [3.05, 3.63) is 78.5 Å². The third kappa shape index (κ3) is 2.19. The second kappa shape index (κ2) is 5.15. The number of rotatable bonds is 2. The van der Waals surface area contributed by atoms with E-state index in [0.717, 1.165) is 28.3 Å². The molecule has 0 aliphatic rings. The minimum Gasteiger partial charge on any atom is -0.342 e. The lowest BCUT2D eigenvalue weighted by atomic mass is 10.0. The number of benzene rings is 3. The smallest absolute Gasteiger partial charge is 0.138 e. The summed E-state index contributed by atoms with van der Waals surface area (Å²) in [7, 11) is 0. The Balaban J connectivity index is 1.83. The summed E-state index contributed by atoms with van der Waals surface area (Å²) in [5.74, 6) is 0.918. The van der Waals surface area contributed by atoms with Crippen LogP contribution < -0.4 is 0 Å². The molecule has 0 saturated heterocycles. The van der Waals surface area contributed by atoms with Gasteiger partial charge in [0.1, 0.15) is 5.82 Å². The highest BCUT2D eigenvalue weighted by Crippen LogP contribution is 2.28. The maximum atomic E-state index is 4.80. The molecule has 4 rings (SSSR count). The van der Waals surface area contributed by atoms with Gasteiger partial charge in [-0.1, -0.05) is 66.7 Å². The van der Waals surface area contributed by atoms with Crippen LogP contribution in [0, 0.1) is 6.92 Å². The Labute approximate surface area is 129 Å². The van der Waals surface area contributed by atoms with Gasteiger partial charge >= 0.3 is 0 Å². The summed E-state index contributed by atoms with van der Waals surface area (Å²) in [5.41, 5.74) is 4.37. The summed E-state index contributed by atoms with van der Waals surface area (Å²) in [5, 5.41) is 2.49. The molecule has 0 atom stereocenters. The highest BCUT2D eigenvalue weighted by atomic mass is 14.9. The molecule has 0 bridgehead atoms. The van der Waals surface area contributed by atoms with Gasteiger partial charge in [-0.2, -0.15) is 0 Å². The van der Waals surface area contributed by atoms with Crippen molar-refractivity contribution in [2.24, 2.45) is 0 Å². The average Bonchev–Trinajstić information content (AvgIpc) is 2.97. The molecule has 0 spiro atoms. The number of nitrogens with one attached hydrogen (secondary N) is 1. The van der Waals surface area contributed by atoms with Crippen molar-refractivity contribution in [2.75, 3.05) is 0 Å². The molecular formula is C20H16N2. The second-order valence-corrected chi connectivity index (χ2v) is 5.49. The van der Waals surface area contributed by atoms with Crippen molar-refractivity contribution in [1.29, 1.82) is 0 Å². The molecule has 2 heteroatoms. The van der Waals surface area contributed by atoms with Gasteiger partial charge in [0.15, 0.2) is 0 Å². The maximum Gasteiger partial charge on any atom is 0.138 e. The van der Waals surface area contributed by atoms with Crippen molar-refractivity contribution in [3.8, 4) is 22.6 Å². The van der Waals surface area contributed by atoms with E-state index in [9.17, 15) is 0 Å². The lowest BCUT2D eigenvalue weighted by Crippen LogP contribution is -1.82. The van der Waals surface area contributed by atoms with E-state index in [4.69, 9.17) is 4.98 Å². The molecule has 2 nitrogen and oxygen atoms in total. The molecule has 106 valence electrons. The maximum absolute atomic E-state index is 4.80. The molecule has 0 unspecified atom stereocenters. The molecule has 0 aliphatic carbocycles. The molecule has 4 aromatic rings. The van der Waals surface area contributed by atoms with Crippen LogP contribution in [0.1, 0.15) is 5.69 Å². The molecule has 22 heavy (non-hydrogen) atoms. The van der Waals surface area contributed by atoms with Crippen LogP contribution in [0.2, 0.25) is 0 Å². The first-order valence-corrected chi connectivity index (χ1v) is 7.42. The van der Waals surface area contributed by atoms with E-state index < -0.39 is 0 Å². The molecule has 1 aromatic heterocycles. The first-order valence-electron chi connectivity index (χ1n) is 7.42. The van der Waals surface area contributed by atoms with Crippen molar-refractivity contribution in [3.63, 3.8) is 0 Å². The Bertz CT molecular complexity index is 936. The fraction of sp³-hybridized carbons (Fsp3) is 0.0500. The lowest BCUT2D eigenvalue weighted by molar-refractivity contribution is 1.26. The molecule has 0 radical (unpaired) electrons. The first-order chi connectivity index (χ1) is 10.8. The standard InChI is InChI=1S/C20H16N2/c1-14-19(22-20(21-14)16-8-3-2-4-9-16)18-12-11-15-7-5-6-10-17(15)13-18/h2-13H,1H3,(H,21,22). The molecule has 0 aliphatic heterocycles. The van der Waals surface area contributed by atoms with Crippen molar-refractivity contribution in [1.82, 2.24) is 9.97 Å². The lowest BCUT2D eigenvalue weighted by Gasteiger charge is -2.02. The molecule has 0 fully saturated rings. The number of hydrogen-bond donors (Lipinski definition) is 1. The molecule has 3 aromatic carbocycles. The van der Waals surface area contributed by atoms with Crippen LogP contribution in [0.4, 0.5) is 0 Å². The van der Waals surface area contributed by atoms with Gasteiger partial charge in [-0.25, -0.2) is 4.98 Å². The highest BCUT2D eigenvalue weighted by molar-refractivity contribution is 5.87. The third-order valence-corrected chi connectivity index (χ3v) is 3.95. The number of aryl methyl sites for hydroxylation is 1. The fourth-order valence-electron chi connectivity index (χ4n) is 2.81. The van der Waals surface area contributed by atoms with Crippen LogP contribution in [-0.4, -0.2) is 9.97 Å². The van der Waals surface area contributed by atoms with Crippen LogP contribution in [0.15, 0.2) is 72.8 Å². The van der Waals surface area contributed by atoms with E-state index in [0.29, 0.717) is 0 Å². The van der Waals surface area contributed by atoms with Crippen LogP contribution in [0.5, 0.6) is 0 Å². The van der Waals surface area contributed by atoms with Gasteiger partial charge in [0.25, 0.3) is 0 Å². The molecule has 1 N–H and O–H groups in total. The number of nitrogens with zero attached hydrogens (tertiary/aromatic N) is 1. The molecule has 1 heterocycles. The first kappa shape index (κ1) is 12.8. The van der Waals surface area contributed by atoms with Gasteiger partial charge in [0, 0.05) is 16.8 Å². The van der Waals surface area contributed by atoms with E-state index in [-0.39, 0.29) is 0 Å².